The van der Waals surface area contributed by atoms with Gasteiger partial charge < -0.3 is 5.32 Å². The molecule has 1 atom stereocenters. The predicted octanol–water partition coefficient (Wildman–Crippen LogP) is 2.79. The smallest absolute Gasteiger partial charge is 0.0648 e. The highest BCUT2D eigenvalue weighted by atomic mass is 15.1. The van der Waals surface area contributed by atoms with Crippen LogP contribution in [0.3, 0.4) is 0 Å². The summed E-state index contributed by atoms with van der Waals surface area (Å²) in [6.45, 7) is 8.52. The van der Waals surface area contributed by atoms with Crippen molar-refractivity contribution in [3.63, 3.8) is 0 Å². The Hall–Kier alpha value is -0.960. The van der Waals surface area contributed by atoms with Crippen molar-refractivity contribution in [2.75, 3.05) is 7.05 Å². The van der Waals surface area contributed by atoms with Gasteiger partial charge in [-0.1, -0.05) is 26.7 Å². The van der Waals surface area contributed by atoms with Crippen LogP contribution in [0.1, 0.15) is 49.7 Å². The van der Waals surface area contributed by atoms with Gasteiger partial charge in [0.1, 0.15) is 0 Å². The van der Waals surface area contributed by atoms with Crippen molar-refractivity contribution in [3.05, 3.63) is 23.0 Å². The molecule has 0 aromatic carbocycles. The Balaban J connectivity index is 3.06. The monoisotopic (exact) mass is 221 g/mol. The zero-order valence-corrected chi connectivity index (χ0v) is 11.0. The molecule has 3 nitrogen and oxygen atoms in total. The molecule has 0 amide bonds. The van der Waals surface area contributed by atoms with Crippen LogP contribution in [0.2, 0.25) is 0 Å². The third kappa shape index (κ3) is 2.79. The minimum absolute atomic E-state index is 0.393. The van der Waals surface area contributed by atoms with Crippen LogP contribution in [0.25, 0.3) is 0 Å². The number of aryl methyl sites for hydroxylation is 2. The van der Waals surface area contributed by atoms with Crippen LogP contribution in [0.15, 0.2) is 6.07 Å². The molecule has 0 aliphatic carbocycles. The number of hydrogen-bond acceptors (Lipinski definition) is 3. The standard InChI is InChI=1S/C13H23N3/c1-6-11(7-2)13(14-5)12-8-9(3)15-16-10(12)4/h8,11,13-14H,6-7H2,1-5H3. The molecule has 0 aliphatic heterocycles. The van der Waals surface area contributed by atoms with Crippen molar-refractivity contribution in [2.24, 2.45) is 5.92 Å². The highest BCUT2D eigenvalue weighted by molar-refractivity contribution is 5.24. The van der Waals surface area contributed by atoms with Crippen molar-refractivity contribution in [2.45, 2.75) is 46.6 Å². The van der Waals surface area contributed by atoms with Crippen LogP contribution in [0.5, 0.6) is 0 Å². The molecule has 0 radical (unpaired) electrons. The fourth-order valence-electron chi connectivity index (χ4n) is 2.29. The Morgan fingerprint density at radius 2 is 1.81 bits per heavy atom. The molecule has 1 aromatic heterocycles. The van der Waals surface area contributed by atoms with Crippen molar-refractivity contribution in [1.29, 1.82) is 0 Å². The SMILES string of the molecule is CCC(CC)C(NC)c1cc(C)nnc1C. The summed E-state index contributed by atoms with van der Waals surface area (Å²) in [6.07, 6.45) is 2.37. The Morgan fingerprint density at radius 1 is 1.19 bits per heavy atom. The summed E-state index contributed by atoms with van der Waals surface area (Å²) in [5.74, 6) is 0.660. The molecule has 0 saturated heterocycles. The molecule has 0 spiro atoms. The van der Waals surface area contributed by atoms with Crippen LogP contribution in [-0.2, 0) is 0 Å². The average Bonchev–Trinajstić information content (AvgIpc) is 2.29. The van der Waals surface area contributed by atoms with Crippen LogP contribution >= 0.6 is 0 Å². The molecule has 1 heterocycles. The molecule has 0 bridgehead atoms. The highest BCUT2D eigenvalue weighted by Crippen LogP contribution is 2.28. The fraction of sp³-hybridized carbons (Fsp3) is 0.692. The first-order valence-electron chi connectivity index (χ1n) is 6.12. The maximum Gasteiger partial charge on any atom is 0.0648 e. The normalized spacial score (nSPS) is 13.1. The number of aromatic nitrogens is 2. The maximum absolute atomic E-state index is 4.21. The second-order valence-electron chi connectivity index (χ2n) is 4.37. The van der Waals surface area contributed by atoms with Crippen molar-refractivity contribution in [3.8, 4) is 0 Å². The van der Waals surface area contributed by atoms with Crippen LogP contribution in [-0.4, -0.2) is 17.2 Å². The number of hydrogen-bond donors (Lipinski definition) is 1. The van der Waals surface area contributed by atoms with Gasteiger partial charge in [-0.3, -0.25) is 0 Å². The summed E-state index contributed by atoms with van der Waals surface area (Å²) < 4.78 is 0. The third-order valence-corrected chi connectivity index (χ3v) is 3.31. The molecular weight excluding hydrogens is 198 g/mol. The van der Waals surface area contributed by atoms with E-state index in [4.69, 9.17) is 0 Å². The van der Waals surface area contributed by atoms with Crippen molar-refractivity contribution >= 4 is 0 Å². The van der Waals surface area contributed by atoms with E-state index in [1.54, 1.807) is 0 Å². The maximum atomic E-state index is 4.21. The van der Waals surface area contributed by atoms with E-state index in [2.05, 4.69) is 35.4 Å². The van der Waals surface area contributed by atoms with E-state index in [0.717, 1.165) is 11.4 Å². The summed E-state index contributed by atoms with van der Waals surface area (Å²) >= 11 is 0. The average molecular weight is 221 g/mol. The lowest BCUT2D eigenvalue weighted by atomic mass is 9.88. The summed E-state index contributed by atoms with van der Waals surface area (Å²) in [5, 5.41) is 11.7. The summed E-state index contributed by atoms with van der Waals surface area (Å²) in [6, 6.07) is 2.55. The van der Waals surface area contributed by atoms with E-state index < -0.39 is 0 Å². The first-order chi connectivity index (χ1) is 7.63. The van der Waals surface area contributed by atoms with Gasteiger partial charge in [0.05, 0.1) is 11.4 Å². The van der Waals surface area contributed by atoms with Crippen LogP contribution in [0, 0.1) is 19.8 Å². The molecule has 16 heavy (non-hydrogen) atoms. The van der Waals surface area contributed by atoms with Gasteiger partial charge in [0, 0.05) is 6.04 Å². The topological polar surface area (TPSA) is 37.8 Å². The minimum atomic E-state index is 0.393. The van der Waals surface area contributed by atoms with E-state index in [-0.39, 0.29) is 0 Å². The van der Waals surface area contributed by atoms with Gasteiger partial charge in [-0.2, -0.15) is 10.2 Å². The van der Waals surface area contributed by atoms with Crippen molar-refractivity contribution < 1.29 is 0 Å². The summed E-state index contributed by atoms with van der Waals surface area (Å²) in [4.78, 5) is 0. The fourth-order valence-corrected chi connectivity index (χ4v) is 2.29. The predicted molar refractivity (Wildman–Crippen MR) is 67.4 cm³/mol. The Labute approximate surface area is 98.7 Å². The highest BCUT2D eigenvalue weighted by Gasteiger charge is 2.21. The Morgan fingerprint density at radius 3 is 2.31 bits per heavy atom. The summed E-state index contributed by atoms with van der Waals surface area (Å²) in [7, 11) is 2.03. The lowest BCUT2D eigenvalue weighted by Gasteiger charge is -2.26. The number of rotatable bonds is 5. The van der Waals surface area contributed by atoms with Crippen molar-refractivity contribution in [1.82, 2.24) is 15.5 Å². The third-order valence-electron chi connectivity index (χ3n) is 3.31. The number of nitrogens with zero attached hydrogens (tertiary/aromatic N) is 2. The molecule has 90 valence electrons. The second-order valence-corrected chi connectivity index (χ2v) is 4.37. The van der Waals surface area contributed by atoms with E-state index in [1.165, 1.54) is 18.4 Å². The zero-order chi connectivity index (χ0) is 12.1. The molecular formula is C13H23N3. The van der Waals surface area contributed by atoms with Gasteiger partial charge in [-0.15, -0.1) is 0 Å². The lowest BCUT2D eigenvalue weighted by Crippen LogP contribution is -2.26. The first kappa shape index (κ1) is 13.1. The lowest BCUT2D eigenvalue weighted by molar-refractivity contribution is 0.357. The second kappa shape index (κ2) is 5.94. The van der Waals surface area contributed by atoms with E-state index in [1.807, 2.05) is 20.9 Å². The molecule has 0 saturated carbocycles. The molecule has 0 aliphatic rings. The van der Waals surface area contributed by atoms with E-state index >= 15 is 0 Å². The zero-order valence-electron chi connectivity index (χ0n) is 11.0. The molecule has 1 rings (SSSR count). The molecule has 0 fully saturated rings. The first-order valence-corrected chi connectivity index (χ1v) is 6.12. The molecule has 1 aromatic rings. The van der Waals surface area contributed by atoms with Crippen LogP contribution in [0.4, 0.5) is 0 Å². The van der Waals surface area contributed by atoms with Gasteiger partial charge in [-0.25, -0.2) is 0 Å². The quantitative estimate of drug-likeness (QED) is 0.831. The molecule has 3 heteroatoms. The minimum Gasteiger partial charge on any atom is -0.313 e. The van der Waals surface area contributed by atoms with E-state index in [9.17, 15) is 0 Å². The van der Waals surface area contributed by atoms with Gasteiger partial charge in [0.2, 0.25) is 0 Å². The van der Waals surface area contributed by atoms with Gasteiger partial charge in [0.25, 0.3) is 0 Å². The molecule has 1 N–H and O–H groups in total. The number of nitrogens with one attached hydrogen (secondary N) is 1. The van der Waals surface area contributed by atoms with Gasteiger partial charge >= 0.3 is 0 Å². The van der Waals surface area contributed by atoms with E-state index in [0.29, 0.717) is 12.0 Å². The summed E-state index contributed by atoms with van der Waals surface area (Å²) in [5.41, 5.74) is 3.33. The Bertz CT molecular complexity index is 332. The van der Waals surface area contributed by atoms with Crippen LogP contribution < -0.4 is 5.32 Å². The molecule has 1 unspecified atom stereocenters. The Kier molecular flexibility index (Phi) is 4.87. The largest absolute Gasteiger partial charge is 0.313 e. The van der Waals surface area contributed by atoms with Gasteiger partial charge in [-0.05, 0) is 38.4 Å². The van der Waals surface area contributed by atoms with Gasteiger partial charge in [0.15, 0.2) is 0 Å².